The highest BCUT2D eigenvalue weighted by atomic mass is 32.1. The molecule has 150 valence electrons. The molecule has 0 radical (unpaired) electrons. The van der Waals surface area contributed by atoms with Crippen LogP contribution < -0.4 is 4.74 Å². The first-order valence-corrected chi connectivity index (χ1v) is 11.0. The van der Waals surface area contributed by atoms with Crippen LogP contribution in [0.25, 0.3) is 21.5 Å². The first-order valence-electron chi connectivity index (χ1n) is 10.1. The number of nitrogens with zero attached hydrogens (tertiary/aromatic N) is 3. The van der Waals surface area contributed by atoms with Crippen LogP contribution in [-0.4, -0.2) is 40.0 Å². The average molecular weight is 416 g/mol. The molecule has 0 spiro atoms. The zero-order valence-corrected chi connectivity index (χ0v) is 17.2. The second-order valence-electron chi connectivity index (χ2n) is 7.34. The molecule has 1 amide bonds. The second kappa shape index (κ2) is 8.24. The van der Waals surface area contributed by atoms with Gasteiger partial charge in [0.15, 0.2) is 0 Å². The van der Waals surface area contributed by atoms with E-state index in [1.54, 1.807) is 6.20 Å². The molecule has 5 rings (SSSR count). The fraction of sp³-hybridized carbons (Fsp3) is 0.208. The molecule has 0 bridgehead atoms. The zero-order chi connectivity index (χ0) is 20.3. The number of carbonyl (C=O) groups excluding carboxylic acids is 1. The molecule has 6 heteroatoms. The molecule has 1 fully saturated rings. The van der Waals surface area contributed by atoms with Crippen molar-refractivity contribution in [2.75, 3.05) is 13.1 Å². The summed E-state index contributed by atoms with van der Waals surface area (Å²) in [7, 11) is 0. The largest absolute Gasteiger partial charge is 0.488 e. The van der Waals surface area contributed by atoms with Gasteiger partial charge in [0.25, 0.3) is 5.91 Å². The molecule has 0 unspecified atom stereocenters. The molecule has 30 heavy (non-hydrogen) atoms. The highest BCUT2D eigenvalue weighted by molar-refractivity contribution is 7.13. The van der Waals surface area contributed by atoms with Gasteiger partial charge in [-0.05, 0) is 12.1 Å². The van der Waals surface area contributed by atoms with Gasteiger partial charge < -0.3 is 9.64 Å². The Kier molecular flexibility index (Phi) is 5.15. The van der Waals surface area contributed by atoms with Gasteiger partial charge in [-0.3, -0.25) is 9.78 Å². The van der Waals surface area contributed by atoms with E-state index in [2.05, 4.69) is 9.97 Å². The summed E-state index contributed by atoms with van der Waals surface area (Å²) < 4.78 is 6.25. The van der Waals surface area contributed by atoms with Crippen molar-refractivity contribution in [2.45, 2.75) is 18.9 Å². The molecule has 3 heterocycles. The Labute approximate surface area is 179 Å². The Morgan fingerprint density at radius 3 is 2.63 bits per heavy atom. The zero-order valence-electron chi connectivity index (χ0n) is 16.4. The van der Waals surface area contributed by atoms with E-state index in [1.165, 1.54) is 11.3 Å². The van der Waals surface area contributed by atoms with Crippen LogP contribution in [-0.2, 0) is 0 Å². The molecule has 0 saturated carbocycles. The first kappa shape index (κ1) is 18.8. The van der Waals surface area contributed by atoms with E-state index in [4.69, 9.17) is 4.74 Å². The van der Waals surface area contributed by atoms with Gasteiger partial charge in [-0.25, -0.2) is 4.98 Å². The lowest BCUT2D eigenvalue weighted by atomic mass is 10.1. The van der Waals surface area contributed by atoms with Crippen molar-refractivity contribution in [3.8, 4) is 16.3 Å². The number of carbonyl (C=O) groups is 1. The lowest BCUT2D eigenvalue weighted by molar-refractivity contribution is 0.0593. The van der Waals surface area contributed by atoms with Crippen molar-refractivity contribution in [2.24, 2.45) is 0 Å². The number of rotatable bonds is 4. The van der Waals surface area contributed by atoms with Gasteiger partial charge in [-0.15, -0.1) is 11.3 Å². The van der Waals surface area contributed by atoms with E-state index in [9.17, 15) is 4.79 Å². The van der Waals surface area contributed by atoms with Crippen molar-refractivity contribution in [1.82, 2.24) is 14.9 Å². The monoisotopic (exact) mass is 415 g/mol. The van der Waals surface area contributed by atoms with Crippen molar-refractivity contribution in [3.05, 3.63) is 77.9 Å². The number of hydrogen-bond donors (Lipinski definition) is 0. The Morgan fingerprint density at radius 1 is 1.00 bits per heavy atom. The van der Waals surface area contributed by atoms with Crippen LogP contribution in [0, 0.1) is 0 Å². The van der Waals surface area contributed by atoms with Crippen LogP contribution in [0.1, 0.15) is 23.3 Å². The maximum Gasteiger partial charge on any atom is 0.273 e. The van der Waals surface area contributed by atoms with E-state index in [0.717, 1.165) is 40.1 Å². The molecular formula is C24H21N3O2S. The molecule has 0 N–H and O–H groups in total. The fourth-order valence-electron chi connectivity index (χ4n) is 3.77. The minimum Gasteiger partial charge on any atom is -0.488 e. The number of fused-ring (bicyclic) bond motifs is 1. The summed E-state index contributed by atoms with van der Waals surface area (Å²) in [6.07, 6.45) is 3.46. The van der Waals surface area contributed by atoms with E-state index in [-0.39, 0.29) is 12.0 Å². The first-order chi connectivity index (χ1) is 14.8. The summed E-state index contributed by atoms with van der Waals surface area (Å²) in [4.78, 5) is 23.8. The topological polar surface area (TPSA) is 55.3 Å². The second-order valence-corrected chi connectivity index (χ2v) is 8.20. The van der Waals surface area contributed by atoms with E-state index in [0.29, 0.717) is 18.8 Å². The maximum atomic E-state index is 12.9. The maximum absolute atomic E-state index is 12.9. The Balaban J connectivity index is 1.23. The number of para-hydroxylation sites is 1. The van der Waals surface area contributed by atoms with Crippen LogP contribution >= 0.6 is 11.3 Å². The van der Waals surface area contributed by atoms with Crippen molar-refractivity contribution in [3.63, 3.8) is 0 Å². The number of likely N-dealkylation sites (tertiary alicyclic amines) is 1. The summed E-state index contributed by atoms with van der Waals surface area (Å²) in [6.45, 7) is 1.33. The predicted octanol–water partition coefficient (Wildman–Crippen LogP) is 5.04. The van der Waals surface area contributed by atoms with Gasteiger partial charge in [0.2, 0.25) is 0 Å². The standard InChI is InChI=1S/C24H21N3O2S/c28-24(20-16-30-23(26-20)18-6-2-1-3-7-18)27-14-11-19(12-15-27)29-21-10-4-8-17-9-5-13-25-22(17)21/h1-10,13,16,19H,11-12,14-15H2. The quantitative estimate of drug-likeness (QED) is 0.468. The molecule has 1 aliphatic rings. The van der Waals surface area contributed by atoms with Gasteiger partial charge >= 0.3 is 0 Å². The number of benzene rings is 2. The number of aromatic nitrogens is 2. The Bertz CT molecular complexity index is 1160. The minimum absolute atomic E-state index is 0.00120. The normalized spacial score (nSPS) is 14.7. The lowest BCUT2D eigenvalue weighted by Gasteiger charge is -2.32. The van der Waals surface area contributed by atoms with Crippen molar-refractivity contribution in [1.29, 1.82) is 0 Å². The highest BCUT2D eigenvalue weighted by Gasteiger charge is 2.26. The van der Waals surface area contributed by atoms with Crippen LogP contribution in [0.5, 0.6) is 5.75 Å². The fourth-order valence-corrected chi connectivity index (χ4v) is 4.57. The smallest absolute Gasteiger partial charge is 0.273 e. The van der Waals surface area contributed by atoms with Gasteiger partial charge in [0.1, 0.15) is 28.1 Å². The average Bonchev–Trinajstić information content (AvgIpc) is 3.30. The third-order valence-corrected chi connectivity index (χ3v) is 6.25. The van der Waals surface area contributed by atoms with Crippen LogP contribution in [0.2, 0.25) is 0 Å². The SMILES string of the molecule is O=C(c1csc(-c2ccccc2)n1)N1CCC(Oc2cccc3cccnc23)CC1. The van der Waals surface area contributed by atoms with E-state index >= 15 is 0 Å². The number of piperidine rings is 1. The molecule has 5 nitrogen and oxygen atoms in total. The summed E-state index contributed by atoms with van der Waals surface area (Å²) >= 11 is 1.51. The van der Waals surface area contributed by atoms with Crippen LogP contribution in [0.15, 0.2) is 72.2 Å². The molecule has 0 aliphatic carbocycles. The summed E-state index contributed by atoms with van der Waals surface area (Å²) in [5, 5.41) is 3.80. The number of amides is 1. The van der Waals surface area contributed by atoms with Gasteiger partial charge in [-0.2, -0.15) is 0 Å². The van der Waals surface area contributed by atoms with E-state index in [1.807, 2.05) is 70.9 Å². The third kappa shape index (κ3) is 3.78. The number of thiazole rings is 1. The number of ether oxygens (including phenoxy) is 1. The minimum atomic E-state index is -0.00120. The van der Waals surface area contributed by atoms with Gasteiger partial charge in [-0.1, -0.05) is 48.5 Å². The molecular weight excluding hydrogens is 394 g/mol. The van der Waals surface area contributed by atoms with Crippen LogP contribution in [0.4, 0.5) is 0 Å². The lowest BCUT2D eigenvalue weighted by Crippen LogP contribution is -2.41. The van der Waals surface area contributed by atoms with Crippen molar-refractivity contribution < 1.29 is 9.53 Å². The molecule has 2 aromatic carbocycles. The van der Waals surface area contributed by atoms with Crippen LogP contribution in [0.3, 0.4) is 0 Å². The number of hydrogen-bond acceptors (Lipinski definition) is 5. The summed E-state index contributed by atoms with van der Waals surface area (Å²) in [5.41, 5.74) is 2.45. The molecule has 2 aromatic heterocycles. The molecule has 4 aromatic rings. The Morgan fingerprint density at radius 2 is 1.80 bits per heavy atom. The molecule has 1 saturated heterocycles. The molecule has 0 atom stereocenters. The van der Waals surface area contributed by atoms with E-state index < -0.39 is 0 Å². The molecule has 1 aliphatic heterocycles. The van der Waals surface area contributed by atoms with Crippen molar-refractivity contribution >= 4 is 28.1 Å². The van der Waals surface area contributed by atoms with Gasteiger partial charge in [0, 0.05) is 48.5 Å². The highest BCUT2D eigenvalue weighted by Crippen LogP contribution is 2.28. The third-order valence-electron chi connectivity index (χ3n) is 5.36. The summed E-state index contributed by atoms with van der Waals surface area (Å²) in [5.74, 6) is 0.809. The Hall–Kier alpha value is -3.25. The number of pyridine rings is 1. The summed E-state index contributed by atoms with van der Waals surface area (Å²) in [6, 6.07) is 19.9. The van der Waals surface area contributed by atoms with Gasteiger partial charge in [0.05, 0.1) is 0 Å². The predicted molar refractivity (Wildman–Crippen MR) is 119 cm³/mol.